The molecule has 7 heteroatoms. The van der Waals surface area contributed by atoms with Crippen LogP contribution in [0.2, 0.25) is 0 Å². The number of urea groups is 1. The first-order valence-corrected chi connectivity index (χ1v) is 7.61. The average molecular weight is 305 g/mol. The van der Waals surface area contributed by atoms with Crippen molar-refractivity contribution in [1.82, 2.24) is 15.6 Å². The second-order valence-corrected chi connectivity index (χ2v) is 5.27. The van der Waals surface area contributed by atoms with Gasteiger partial charge in [0, 0.05) is 32.6 Å². The largest absolute Gasteiger partial charge is 0.357 e. The summed E-state index contributed by atoms with van der Waals surface area (Å²) in [5.41, 5.74) is 0.653. The Kier molecular flexibility index (Phi) is 5.57. The highest BCUT2D eigenvalue weighted by Crippen LogP contribution is 2.22. The lowest BCUT2D eigenvalue weighted by Gasteiger charge is -2.32. The van der Waals surface area contributed by atoms with Crippen LogP contribution >= 0.6 is 0 Å². The predicted octanol–water partition coefficient (Wildman–Crippen LogP) is 1.19. The van der Waals surface area contributed by atoms with Gasteiger partial charge < -0.3 is 20.9 Å². The lowest BCUT2D eigenvalue weighted by Crippen LogP contribution is -2.40. The maximum absolute atomic E-state index is 11.8. The molecule has 0 atom stereocenters. The van der Waals surface area contributed by atoms with Crippen molar-refractivity contribution < 1.29 is 9.59 Å². The van der Waals surface area contributed by atoms with Gasteiger partial charge in [0.05, 0.1) is 11.9 Å². The molecule has 0 aliphatic carbocycles. The van der Waals surface area contributed by atoms with Crippen LogP contribution in [0.3, 0.4) is 0 Å². The first-order chi connectivity index (χ1) is 10.6. The van der Waals surface area contributed by atoms with Gasteiger partial charge in [-0.25, -0.2) is 9.78 Å². The van der Waals surface area contributed by atoms with Gasteiger partial charge in [-0.1, -0.05) is 0 Å². The van der Waals surface area contributed by atoms with Crippen molar-refractivity contribution >= 4 is 23.4 Å². The fourth-order valence-electron chi connectivity index (χ4n) is 2.53. The van der Waals surface area contributed by atoms with Gasteiger partial charge in [0.1, 0.15) is 5.82 Å². The second kappa shape index (κ2) is 7.63. The van der Waals surface area contributed by atoms with Crippen molar-refractivity contribution in [3.05, 3.63) is 18.3 Å². The van der Waals surface area contributed by atoms with Crippen LogP contribution in [-0.4, -0.2) is 43.6 Å². The number of pyridine rings is 1. The average Bonchev–Trinajstić information content (AvgIpc) is 2.56. The monoisotopic (exact) mass is 305 g/mol. The summed E-state index contributed by atoms with van der Waals surface area (Å²) in [6.07, 6.45) is 3.32. The van der Waals surface area contributed by atoms with E-state index in [0.717, 1.165) is 31.7 Å². The van der Waals surface area contributed by atoms with E-state index in [2.05, 4.69) is 25.8 Å². The fraction of sp³-hybridized carbons (Fsp3) is 0.533. The number of aromatic nitrogens is 1. The molecule has 1 aliphatic rings. The Morgan fingerprint density at radius 1 is 1.32 bits per heavy atom. The van der Waals surface area contributed by atoms with E-state index >= 15 is 0 Å². The third-order valence-corrected chi connectivity index (χ3v) is 3.77. The van der Waals surface area contributed by atoms with E-state index in [4.69, 9.17) is 0 Å². The van der Waals surface area contributed by atoms with Crippen LogP contribution in [0.1, 0.15) is 19.8 Å². The standard InChI is InChI=1S/C15H23N5O2/c1-3-17-14(21)11-6-8-20(9-7-11)13-5-4-12(10-18-13)19-15(22)16-2/h4-5,10-11H,3,6-9H2,1-2H3,(H,17,21)(H2,16,19,22). The minimum absolute atomic E-state index is 0.102. The predicted molar refractivity (Wildman–Crippen MR) is 85.9 cm³/mol. The molecule has 0 saturated carbocycles. The molecular formula is C15H23N5O2. The zero-order valence-corrected chi connectivity index (χ0v) is 13.1. The Labute approximate surface area is 130 Å². The van der Waals surface area contributed by atoms with E-state index < -0.39 is 0 Å². The fourth-order valence-corrected chi connectivity index (χ4v) is 2.53. The van der Waals surface area contributed by atoms with E-state index in [1.54, 1.807) is 13.2 Å². The number of carbonyl (C=O) groups is 2. The molecule has 1 aliphatic heterocycles. The number of nitrogens with zero attached hydrogens (tertiary/aromatic N) is 2. The SMILES string of the molecule is CCNC(=O)C1CCN(c2ccc(NC(=O)NC)cn2)CC1. The summed E-state index contributed by atoms with van der Waals surface area (Å²) in [5.74, 6) is 1.13. The number of nitrogens with one attached hydrogen (secondary N) is 3. The van der Waals surface area contributed by atoms with Crippen LogP contribution in [0.4, 0.5) is 16.3 Å². The maximum atomic E-state index is 11.8. The number of hydrogen-bond donors (Lipinski definition) is 3. The van der Waals surface area contributed by atoms with Crippen molar-refractivity contribution in [2.24, 2.45) is 5.92 Å². The minimum Gasteiger partial charge on any atom is -0.357 e. The molecule has 0 radical (unpaired) electrons. The van der Waals surface area contributed by atoms with Gasteiger partial charge in [-0.15, -0.1) is 0 Å². The molecule has 7 nitrogen and oxygen atoms in total. The quantitative estimate of drug-likeness (QED) is 0.780. The molecule has 0 spiro atoms. The van der Waals surface area contributed by atoms with E-state index in [9.17, 15) is 9.59 Å². The van der Waals surface area contributed by atoms with Crippen molar-refractivity contribution in [3.63, 3.8) is 0 Å². The van der Waals surface area contributed by atoms with E-state index in [1.165, 1.54) is 0 Å². The molecule has 2 heterocycles. The molecule has 3 N–H and O–H groups in total. The maximum Gasteiger partial charge on any atom is 0.319 e. The lowest BCUT2D eigenvalue weighted by molar-refractivity contribution is -0.125. The van der Waals surface area contributed by atoms with Crippen LogP contribution in [0.15, 0.2) is 18.3 Å². The summed E-state index contributed by atoms with van der Waals surface area (Å²) >= 11 is 0. The summed E-state index contributed by atoms with van der Waals surface area (Å²) in [4.78, 5) is 29.6. The lowest BCUT2D eigenvalue weighted by atomic mass is 9.96. The summed E-state index contributed by atoms with van der Waals surface area (Å²) < 4.78 is 0. The second-order valence-electron chi connectivity index (χ2n) is 5.27. The van der Waals surface area contributed by atoms with Crippen LogP contribution in [0.25, 0.3) is 0 Å². The van der Waals surface area contributed by atoms with E-state index in [0.29, 0.717) is 12.2 Å². The topological polar surface area (TPSA) is 86.4 Å². The zero-order valence-electron chi connectivity index (χ0n) is 13.1. The smallest absolute Gasteiger partial charge is 0.319 e. The molecule has 1 aromatic heterocycles. The van der Waals surface area contributed by atoms with Gasteiger partial charge in [-0.05, 0) is 31.9 Å². The molecule has 0 bridgehead atoms. The Hall–Kier alpha value is -2.31. The first kappa shape index (κ1) is 16.1. The molecule has 3 amide bonds. The van der Waals surface area contributed by atoms with Crippen LogP contribution in [-0.2, 0) is 4.79 Å². The molecule has 120 valence electrons. The van der Waals surface area contributed by atoms with Gasteiger partial charge in [0.2, 0.25) is 5.91 Å². The third kappa shape index (κ3) is 4.09. The highest BCUT2D eigenvalue weighted by molar-refractivity contribution is 5.88. The van der Waals surface area contributed by atoms with Crippen molar-refractivity contribution in [1.29, 1.82) is 0 Å². The number of rotatable bonds is 4. The summed E-state index contributed by atoms with van der Waals surface area (Å²) in [5, 5.41) is 8.05. The molecule has 22 heavy (non-hydrogen) atoms. The number of amides is 3. The normalized spacial score (nSPS) is 15.3. The van der Waals surface area contributed by atoms with Crippen molar-refractivity contribution in [2.45, 2.75) is 19.8 Å². The highest BCUT2D eigenvalue weighted by atomic mass is 16.2. The number of anilines is 2. The van der Waals surface area contributed by atoms with E-state index in [1.807, 2.05) is 19.1 Å². The Morgan fingerprint density at radius 3 is 2.59 bits per heavy atom. The number of carbonyl (C=O) groups excluding carboxylic acids is 2. The Morgan fingerprint density at radius 2 is 2.05 bits per heavy atom. The van der Waals surface area contributed by atoms with Crippen LogP contribution < -0.4 is 20.9 Å². The minimum atomic E-state index is -0.266. The van der Waals surface area contributed by atoms with Gasteiger partial charge >= 0.3 is 6.03 Å². The molecule has 0 aromatic carbocycles. The summed E-state index contributed by atoms with van der Waals surface area (Å²) in [6.45, 7) is 4.25. The van der Waals surface area contributed by atoms with Crippen molar-refractivity contribution in [2.75, 3.05) is 36.9 Å². The van der Waals surface area contributed by atoms with Crippen LogP contribution in [0, 0.1) is 5.92 Å². The van der Waals surface area contributed by atoms with E-state index in [-0.39, 0.29) is 17.9 Å². The molecule has 1 fully saturated rings. The van der Waals surface area contributed by atoms with Crippen molar-refractivity contribution in [3.8, 4) is 0 Å². The Balaban J connectivity index is 1.88. The Bertz CT molecular complexity index is 509. The van der Waals surface area contributed by atoms with Crippen LogP contribution in [0.5, 0.6) is 0 Å². The van der Waals surface area contributed by atoms with Gasteiger partial charge in [0.25, 0.3) is 0 Å². The molecule has 1 saturated heterocycles. The number of hydrogen-bond acceptors (Lipinski definition) is 4. The summed E-state index contributed by atoms with van der Waals surface area (Å²) in [6, 6.07) is 3.45. The molecule has 1 aromatic rings. The van der Waals surface area contributed by atoms with Gasteiger partial charge in [-0.2, -0.15) is 0 Å². The molecule has 0 unspecified atom stereocenters. The highest BCUT2D eigenvalue weighted by Gasteiger charge is 2.25. The first-order valence-electron chi connectivity index (χ1n) is 7.61. The zero-order chi connectivity index (χ0) is 15.9. The molecule has 2 rings (SSSR count). The summed E-state index contributed by atoms with van der Waals surface area (Å²) in [7, 11) is 1.57. The van der Waals surface area contributed by atoms with Gasteiger partial charge in [0.15, 0.2) is 0 Å². The third-order valence-electron chi connectivity index (χ3n) is 3.77. The van der Waals surface area contributed by atoms with Gasteiger partial charge in [-0.3, -0.25) is 4.79 Å². The number of piperidine rings is 1. The molecular weight excluding hydrogens is 282 g/mol.